The smallest absolute Gasteiger partial charge is 0.229 e. The Labute approximate surface area is 163 Å². The van der Waals surface area contributed by atoms with Crippen molar-refractivity contribution >= 4 is 23.3 Å². The summed E-state index contributed by atoms with van der Waals surface area (Å²) in [6.45, 7) is 0.946. The van der Waals surface area contributed by atoms with Gasteiger partial charge in [-0.15, -0.1) is 0 Å². The highest BCUT2D eigenvalue weighted by molar-refractivity contribution is 5.97. The first kappa shape index (κ1) is 19.5. The number of methoxy groups -OCH3 is 2. The molecule has 3 rings (SSSR count). The Morgan fingerprint density at radius 3 is 2.71 bits per heavy atom. The topological polar surface area (TPSA) is 107 Å². The Morgan fingerprint density at radius 2 is 2.04 bits per heavy atom. The maximum atomic E-state index is 12.4. The quantitative estimate of drug-likeness (QED) is 0.753. The number of nitrogen functional groups attached to an aromatic ring is 1. The van der Waals surface area contributed by atoms with Gasteiger partial charge in [-0.3, -0.25) is 9.59 Å². The van der Waals surface area contributed by atoms with Gasteiger partial charge in [0.1, 0.15) is 5.82 Å². The number of carbonyl (C=O) groups excluding carboxylic acids is 2. The van der Waals surface area contributed by atoms with Gasteiger partial charge in [0.2, 0.25) is 11.8 Å². The first-order valence-electron chi connectivity index (χ1n) is 9.01. The number of ether oxygens (including phenoxy) is 2. The van der Waals surface area contributed by atoms with Crippen LogP contribution >= 0.6 is 0 Å². The molecule has 8 nitrogen and oxygen atoms in total. The van der Waals surface area contributed by atoms with Crippen molar-refractivity contribution in [1.82, 2.24) is 9.88 Å². The molecule has 1 aromatic carbocycles. The predicted octanol–water partition coefficient (Wildman–Crippen LogP) is 1.71. The maximum absolute atomic E-state index is 12.4. The fourth-order valence-electron chi connectivity index (χ4n) is 3.19. The van der Waals surface area contributed by atoms with Crippen LogP contribution in [-0.4, -0.2) is 49.0 Å². The third-order valence-corrected chi connectivity index (χ3v) is 4.76. The van der Waals surface area contributed by atoms with E-state index in [0.29, 0.717) is 42.5 Å². The molecule has 8 heteroatoms. The van der Waals surface area contributed by atoms with E-state index < -0.39 is 0 Å². The molecule has 3 N–H and O–H groups in total. The van der Waals surface area contributed by atoms with E-state index in [2.05, 4.69) is 10.3 Å². The van der Waals surface area contributed by atoms with Gasteiger partial charge in [-0.05, 0) is 36.2 Å². The van der Waals surface area contributed by atoms with Crippen LogP contribution in [-0.2, 0) is 16.0 Å². The molecule has 1 aliphatic heterocycles. The second-order valence-corrected chi connectivity index (χ2v) is 6.64. The molecule has 1 atom stereocenters. The first-order chi connectivity index (χ1) is 13.5. The van der Waals surface area contributed by atoms with Crippen LogP contribution in [0.5, 0.6) is 11.5 Å². The molecule has 2 amide bonds. The Kier molecular flexibility index (Phi) is 5.98. The lowest BCUT2D eigenvalue weighted by Gasteiger charge is -2.17. The van der Waals surface area contributed by atoms with Crippen molar-refractivity contribution in [2.45, 2.75) is 12.8 Å². The molecule has 0 spiro atoms. The van der Waals surface area contributed by atoms with Crippen LogP contribution in [0.15, 0.2) is 36.5 Å². The number of hydrogen-bond acceptors (Lipinski definition) is 6. The minimum atomic E-state index is -0.379. The molecule has 0 bridgehead atoms. The van der Waals surface area contributed by atoms with Gasteiger partial charge in [0, 0.05) is 19.5 Å². The fourth-order valence-corrected chi connectivity index (χ4v) is 3.19. The van der Waals surface area contributed by atoms with E-state index in [1.165, 1.54) is 6.20 Å². The minimum absolute atomic E-state index is 0.0175. The molecule has 2 heterocycles. The number of hydrogen-bond donors (Lipinski definition) is 2. The Hall–Kier alpha value is -3.29. The van der Waals surface area contributed by atoms with E-state index in [4.69, 9.17) is 15.2 Å². The normalized spacial score (nSPS) is 16.1. The van der Waals surface area contributed by atoms with Gasteiger partial charge >= 0.3 is 0 Å². The van der Waals surface area contributed by atoms with Gasteiger partial charge in [-0.25, -0.2) is 4.98 Å². The lowest BCUT2D eigenvalue weighted by atomic mass is 10.1. The summed E-state index contributed by atoms with van der Waals surface area (Å²) in [4.78, 5) is 30.4. The van der Waals surface area contributed by atoms with Crippen molar-refractivity contribution < 1.29 is 19.1 Å². The van der Waals surface area contributed by atoms with Crippen molar-refractivity contribution in [1.29, 1.82) is 0 Å². The summed E-state index contributed by atoms with van der Waals surface area (Å²) in [7, 11) is 3.18. The van der Waals surface area contributed by atoms with Gasteiger partial charge in [0.05, 0.1) is 32.0 Å². The van der Waals surface area contributed by atoms with Crippen LogP contribution in [0.3, 0.4) is 0 Å². The van der Waals surface area contributed by atoms with Crippen molar-refractivity contribution in [3.8, 4) is 11.5 Å². The molecule has 1 aromatic heterocycles. The largest absolute Gasteiger partial charge is 0.493 e. The molecule has 1 fully saturated rings. The zero-order chi connectivity index (χ0) is 20.1. The number of carbonyl (C=O) groups is 2. The molecule has 28 heavy (non-hydrogen) atoms. The number of nitrogens with zero attached hydrogens (tertiary/aromatic N) is 2. The molecule has 1 aliphatic rings. The second-order valence-electron chi connectivity index (χ2n) is 6.64. The molecule has 2 aromatic rings. The molecular formula is C20H24N4O4. The van der Waals surface area contributed by atoms with Crippen molar-refractivity contribution in [2.75, 3.05) is 38.4 Å². The number of rotatable bonds is 7. The van der Waals surface area contributed by atoms with Crippen molar-refractivity contribution in [2.24, 2.45) is 5.92 Å². The van der Waals surface area contributed by atoms with E-state index in [-0.39, 0.29) is 24.2 Å². The van der Waals surface area contributed by atoms with Crippen LogP contribution in [0.25, 0.3) is 0 Å². The fraction of sp³-hybridized carbons (Fsp3) is 0.350. The monoisotopic (exact) mass is 384 g/mol. The summed E-state index contributed by atoms with van der Waals surface area (Å²) in [5, 5.41) is 2.79. The molecule has 148 valence electrons. The average molecular weight is 384 g/mol. The van der Waals surface area contributed by atoms with Crippen LogP contribution in [0.4, 0.5) is 11.5 Å². The number of likely N-dealkylation sites (tertiary alicyclic amines) is 1. The number of amides is 2. The van der Waals surface area contributed by atoms with E-state index in [9.17, 15) is 9.59 Å². The SMILES string of the molecule is COc1ccc(CCN2C[C@H](C(=O)Nc3ccc(N)nc3)CC2=O)cc1OC. The van der Waals surface area contributed by atoms with Crippen molar-refractivity contribution in [3.63, 3.8) is 0 Å². The molecule has 0 radical (unpaired) electrons. The number of aromatic nitrogens is 1. The summed E-state index contributed by atoms with van der Waals surface area (Å²) in [5.41, 5.74) is 7.14. The lowest BCUT2D eigenvalue weighted by molar-refractivity contribution is -0.128. The third-order valence-electron chi connectivity index (χ3n) is 4.76. The summed E-state index contributed by atoms with van der Waals surface area (Å²) < 4.78 is 10.5. The third kappa shape index (κ3) is 4.51. The van der Waals surface area contributed by atoms with E-state index in [1.807, 2.05) is 18.2 Å². The highest BCUT2D eigenvalue weighted by atomic mass is 16.5. The van der Waals surface area contributed by atoms with E-state index in [0.717, 1.165) is 5.56 Å². The first-order valence-corrected chi connectivity index (χ1v) is 9.01. The molecule has 0 unspecified atom stereocenters. The van der Waals surface area contributed by atoms with Crippen LogP contribution in [0.2, 0.25) is 0 Å². The number of nitrogens with one attached hydrogen (secondary N) is 1. The zero-order valence-electron chi connectivity index (χ0n) is 16.0. The van der Waals surface area contributed by atoms with E-state index in [1.54, 1.807) is 31.3 Å². The second kappa shape index (κ2) is 8.60. The molecular weight excluding hydrogens is 360 g/mol. The highest BCUT2D eigenvalue weighted by Crippen LogP contribution is 2.28. The summed E-state index contributed by atoms with van der Waals surface area (Å²) in [5.74, 6) is 1.12. The van der Waals surface area contributed by atoms with Crippen LogP contribution in [0.1, 0.15) is 12.0 Å². The Morgan fingerprint density at radius 1 is 1.25 bits per heavy atom. The van der Waals surface area contributed by atoms with Gasteiger partial charge in [0.25, 0.3) is 0 Å². The van der Waals surface area contributed by atoms with Gasteiger partial charge in [0.15, 0.2) is 11.5 Å². The van der Waals surface area contributed by atoms with E-state index >= 15 is 0 Å². The number of anilines is 2. The highest BCUT2D eigenvalue weighted by Gasteiger charge is 2.34. The van der Waals surface area contributed by atoms with Crippen LogP contribution in [0, 0.1) is 5.92 Å². The average Bonchev–Trinajstić information content (AvgIpc) is 3.08. The predicted molar refractivity (Wildman–Crippen MR) is 105 cm³/mol. The summed E-state index contributed by atoms with van der Waals surface area (Å²) in [6, 6.07) is 8.99. The standard InChI is InChI=1S/C20H24N4O4/c1-27-16-5-3-13(9-17(16)28-2)7-8-24-12-14(10-19(24)25)20(26)23-15-4-6-18(21)22-11-15/h3-6,9,11,14H,7-8,10,12H2,1-2H3,(H2,21,22)(H,23,26)/t14-/m1/s1. The summed E-state index contributed by atoms with van der Waals surface area (Å²) >= 11 is 0. The maximum Gasteiger partial charge on any atom is 0.229 e. The summed E-state index contributed by atoms with van der Waals surface area (Å²) in [6.07, 6.45) is 2.38. The number of benzene rings is 1. The van der Waals surface area contributed by atoms with Crippen molar-refractivity contribution in [3.05, 3.63) is 42.1 Å². The molecule has 0 saturated carbocycles. The number of nitrogens with two attached hydrogens (primary N) is 1. The van der Waals surface area contributed by atoms with Gasteiger partial charge in [-0.2, -0.15) is 0 Å². The zero-order valence-corrected chi connectivity index (χ0v) is 16.0. The minimum Gasteiger partial charge on any atom is -0.493 e. The van der Waals surface area contributed by atoms with Gasteiger partial charge in [-0.1, -0.05) is 6.07 Å². The van der Waals surface area contributed by atoms with Gasteiger partial charge < -0.3 is 25.4 Å². The Bertz CT molecular complexity index is 854. The lowest BCUT2D eigenvalue weighted by Crippen LogP contribution is -2.30. The molecule has 0 aliphatic carbocycles. The Balaban J connectivity index is 1.55. The number of pyridine rings is 1. The molecule has 1 saturated heterocycles. The van der Waals surface area contributed by atoms with Crippen LogP contribution < -0.4 is 20.5 Å².